The van der Waals surface area contributed by atoms with Crippen molar-refractivity contribution in [3.05, 3.63) is 101 Å². The maximum absolute atomic E-state index is 13.5. The number of amides is 2. The molecule has 1 heterocycles. The standard InChI is InChI=1S/C31H26ClNO5/c1-17(28(34)19-7-11-22(32)12-8-19)38-31(37)20-9-13-23(14-10-20)33-29(35)26-21-15-24(18-5-3-2-4-6-18)25(16-21)27(26)30(33)36/h2-14,17,21,24-27H,15-16H2,1H3/t17-,21-,24+,25+,26+,27+/m0/s1. The van der Waals surface area contributed by atoms with E-state index in [1.54, 1.807) is 36.4 Å². The van der Waals surface area contributed by atoms with Gasteiger partial charge in [-0.25, -0.2) is 4.79 Å². The van der Waals surface area contributed by atoms with Crippen molar-refractivity contribution in [2.75, 3.05) is 4.90 Å². The number of rotatable bonds is 6. The predicted molar refractivity (Wildman–Crippen MR) is 142 cm³/mol. The number of carbonyl (C=O) groups is 4. The summed E-state index contributed by atoms with van der Waals surface area (Å²) < 4.78 is 5.37. The van der Waals surface area contributed by atoms with Crippen molar-refractivity contribution in [1.82, 2.24) is 0 Å². The predicted octanol–water partition coefficient (Wildman–Crippen LogP) is 5.70. The van der Waals surface area contributed by atoms with Crippen LogP contribution >= 0.6 is 11.6 Å². The third kappa shape index (κ3) is 4.04. The topological polar surface area (TPSA) is 80.8 Å². The normalized spacial score (nSPS) is 26.4. The minimum absolute atomic E-state index is 0.142. The van der Waals surface area contributed by atoms with E-state index < -0.39 is 12.1 Å². The van der Waals surface area contributed by atoms with Gasteiger partial charge < -0.3 is 4.74 Å². The van der Waals surface area contributed by atoms with Gasteiger partial charge in [-0.1, -0.05) is 41.9 Å². The molecule has 0 unspecified atom stereocenters. The number of ketones is 1. The minimum atomic E-state index is -0.988. The third-order valence-corrected chi connectivity index (χ3v) is 8.64. The lowest BCUT2D eigenvalue weighted by molar-refractivity contribution is -0.123. The van der Waals surface area contributed by atoms with E-state index >= 15 is 0 Å². The Bertz CT molecular complexity index is 1420. The first-order chi connectivity index (χ1) is 18.3. The number of anilines is 1. The molecule has 6 nitrogen and oxygen atoms in total. The summed E-state index contributed by atoms with van der Waals surface area (Å²) >= 11 is 5.87. The first-order valence-electron chi connectivity index (χ1n) is 12.9. The molecule has 3 fully saturated rings. The molecule has 0 radical (unpaired) electrons. The van der Waals surface area contributed by atoms with Gasteiger partial charge >= 0.3 is 5.97 Å². The van der Waals surface area contributed by atoms with Crippen LogP contribution in [0.2, 0.25) is 5.02 Å². The smallest absolute Gasteiger partial charge is 0.338 e. The molecule has 192 valence electrons. The van der Waals surface area contributed by atoms with Crippen molar-refractivity contribution in [3.8, 4) is 0 Å². The number of Topliss-reactive ketones (excluding diaryl/α,β-unsaturated/α-hetero) is 1. The second-order valence-corrected chi connectivity index (χ2v) is 10.9. The molecule has 3 aromatic carbocycles. The Balaban J connectivity index is 1.15. The van der Waals surface area contributed by atoms with E-state index in [1.807, 2.05) is 18.2 Å². The molecule has 0 N–H and O–H groups in total. The number of imide groups is 1. The SMILES string of the molecule is C[C@H](OC(=O)c1ccc(N2C(=O)[C@@H]3[C@@H]4C[C@@H]([C@H]3C2=O)[C@@H](c2ccccc2)C4)cc1)C(=O)c1ccc(Cl)cc1. The van der Waals surface area contributed by atoms with Gasteiger partial charge in [-0.2, -0.15) is 0 Å². The molecule has 0 aromatic heterocycles. The zero-order valence-corrected chi connectivity index (χ0v) is 21.5. The Hall–Kier alpha value is -3.77. The molecule has 0 spiro atoms. The van der Waals surface area contributed by atoms with Crippen LogP contribution in [0.5, 0.6) is 0 Å². The summed E-state index contributed by atoms with van der Waals surface area (Å²) in [5, 5.41) is 0.508. The molecule has 2 amide bonds. The van der Waals surface area contributed by atoms with Crippen LogP contribution in [-0.4, -0.2) is 29.7 Å². The fraction of sp³-hybridized carbons (Fsp3) is 0.290. The van der Waals surface area contributed by atoms with Crippen LogP contribution in [0.3, 0.4) is 0 Å². The van der Waals surface area contributed by atoms with E-state index in [2.05, 4.69) is 12.1 Å². The maximum Gasteiger partial charge on any atom is 0.338 e. The lowest BCUT2D eigenvalue weighted by Crippen LogP contribution is -2.33. The van der Waals surface area contributed by atoms with Crippen molar-refractivity contribution >= 4 is 40.9 Å². The number of benzene rings is 3. The zero-order chi connectivity index (χ0) is 26.6. The fourth-order valence-corrected chi connectivity index (χ4v) is 6.80. The molecule has 7 heteroatoms. The van der Waals surface area contributed by atoms with Gasteiger partial charge in [-0.15, -0.1) is 0 Å². The Kier molecular flexibility index (Phi) is 6.15. The molecule has 2 aliphatic carbocycles. The highest BCUT2D eigenvalue weighted by Gasteiger charge is 2.64. The second-order valence-electron chi connectivity index (χ2n) is 10.4. The molecule has 6 atom stereocenters. The number of carbonyl (C=O) groups excluding carboxylic acids is 4. The van der Waals surface area contributed by atoms with Crippen LogP contribution in [0.25, 0.3) is 0 Å². The largest absolute Gasteiger partial charge is 0.451 e. The van der Waals surface area contributed by atoms with Gasteiger partial charge in [0.25, 0.3) is 0 Å². The molecule has 1 aliphatic heterocycles. The van der Waals surface area contributed by atoms with Gasteiger partial charge in [-0.05, 0) is 91.6 Å². The molecule has 1 saturated heterocycles. The fourth-order valence-electron chi connectivity index (χ4n) is 6.67. The van der Waals surface area contributed by atoms with Crippen LogP contribution in [0, 0.1) is 23.7 Å². The van der Waals surface area contributed by atoms with Crippen molar-refractivity contribution < 1.29 is 23.9 Å². The van der Waals surface area contributed by atoms with Crippen LogP contribution in [-0.2, 0) is 14.3 Å². The third-order valence-electron chi connectivity index (χ3n) is 8.39. The number of hydrogen-bond donors (Lipinski definition) is 0. The first-order valence-corrected chi connectivity index (χ1v) is 13.2. The Morgan fingerprint density at radius 1 is 0.842 bits per heavy atom. The Morgan fingerprint density at radius 3 is 2.16 bits per heavy atom. The lowest BCUT2D eigenvalue weighted by atomic mass is 9.73. The van der Waals surface area contributed by atoms with Gasteiger partial charge in [-0.3, -0.25) is 19.3 Å². The number of hydrogen-bond acceptors (Lipinski definition) is 5. The van der Waals surface area contributed by atoms with E-state index in [4.69, 9.17) is 16.3 Å². The highest BCUT2D eigenvalue weighted by molar-refractivity contribution is 6.30. The average molecular weight is 528 g/mol. The summed E-state index contributed by atoms with van der Waals surface area (Å²) in [6, 6.07) is 22.8. The zero-order valence-electron chi connectivity index (χ0n) is 20.8. The summed E-state index contributed by atoms with van der Waals surface area (Å²) in [7, 11) is 0. The van der Waals surface area contributed by atoms with E-state index in [0.29, 0.717) is 22.2 Å². The summed E-state index contributed by atoms with van der Waals surface area (Å²) in [6.45, 7) is 1.51. The van der Waals surface area contributed by atoms with Gasteiger partial charge in [0.15, 0.2) is 6.10 Å². The van der Waals surface area contributed by atoms with E-state index in [1.165, 1.54) is 29.5 Å². The quantitative estimate of drug-likeness (QED) is 0.233. The highest BCUT2D eigenvalue weighted by atomic mass is 35.5. The van der Waals surface area contributed by atoms with Crippen LogP contribution < -0.4 is 4.90 Å². The van der Waals surface area contributed by atoms with E-state index in [-0.39, 0.29) is 46.8 Å². The maximum atomic E-state index is 13.5. The van der Waals surface area contributed by atoms with Crippen molar-refractivity contribution in [3.63, 3.8) is 0 Å². The van der Waals surface area contributed by atoms with Crippen molar-refractivity contribution in [1.29, 1.82) is 0 Å². The molecular weight excluding hydrogens is 502 g/mol. The Morgan fingerprint density at radius 2 is 1.47 bits per heavy atom. The Labute approximate surface area is 225 Å². The number of fused-ring (bicyclic) bond motifs is 5. The molecule has 6 rings (SSSR count). The van der Waals surface area contributed by atoms with Crippen molar-refractivity contribution in [2.24, 2.45) is 23.7 Å². The van der Waals surface area contributed by atoms with Gasteiger partial charge in [0.05, 0.1) is 23.1 Å². The van der Waals surface area contributed by atoms with Gasteiger partial charge in [0.1, 0.15) is 0 Å². The average Bonchev–Trinajstić information content (AvgIpc) is 3.60. The number of halogens is 1. The highest BCUT2D eigenvalue weighted by Crippen LogP contribution is 2.61. The second kappa shape index (κ2) is 9.52. The molecule has 3 aliphatic rings. The summed E-state index contributed by atoms with van der Waals surface area (Å²) in [5.41, 5.74) is 2.31. The summed E-state index contributed by atoms with van der Waals surface area (Å²) in [6.07, 6.45) is 0.857. The minimum Gasteiger partial charge on any atom is -0.451 e. The first kappa shape index (κ1) is 24.6. The van der Waals surface area contributed by atoms with Crippen molar-refractivity contribution in [2.45, 2.75) is 31.8 Å². The molecular formula is C31H26ClNO5. The monoisotopic (exact) mass is 527 g/mol. The molecule has 38 heavy (non-hydrogen) atoms. The van der Waals surface area contributed by atoms with Gasteiger partial charge in [0, 0.05) is 10.6 Å². The van der Waals surface area contributed by atoms with Crippen LogP contribution in [0.1, 0.15) is 52.0 Å². The van der Waals surface area contributed by atoms with Gasteiger partial charge in [0.2, 0.25) is 17.6 Å². The van der Waals surface area contributed by atoms with Crippen LogP contribution in [0.15, 0.2) is 78.9 Å². The lowest BCUT2D eigenvalue weighted by Gasteiger charge is -2.28. The summed E-state index contributed by atoms with van der Waals surface area (Å²) in [4.78, 5) is 53.5. The molecule has 2 bridgehead atoms. The number of nitrogens with zero attached hydrogens (tertiary/aromatic N) is 1. The summed E-state index contributed by atoms with van der Waals surface area (Å²) in [5.74, 6) is -1.17. The van der Waals surface area contributed by atoms with E-state index in [9.17, 15) is 19.2 Å². The molecule has 2 saturated carbocycles. The number of esters is 1. The number of ether oxygens (including phenoxy) is 1. The molecule has 3 aromatic rings. The van der Waals surface area contributed by atoms with E-state index in [0.717, 1.165) is 12.8 Å². The van der Waals surface area contributed by atoms with Crippen LogP contribution in [0.4, 0.5) is 5.69 Å².